The molecule has 0 bridgehead atoms. The van der Waals surface area contributed by atoms with Crippen LogP contribution < -0.4 is 5.32 Å². The number of hydrogen-bond donors (Lipinski definition) is 2. The molecule has 4 aromatic heterocycles. The lowest BCUT2D eigenvalue weighted by atomic mass is 9.90. The Morgan fingerprint density at radius 3 is 2.86 bits per heavy atom. The summed E-state index contributed by atoms with van der Waals surface area (Å²) in [4.78, 5) is 30.3. The van der Waals surface area contributed by atoms with Crippen LogP contribution in [0.25, 0.3) is 33.9 Å². The first-order chi connectivity index (χ1) is 17.6. The Morgan fingerprint density at radius 1 is 1.19 bits per heavy atom. The van der Waals surface area contributed by atoms with Gasteiger partial charge in [-0.05, 0) is 43.9 Å². The summed E-state index contributed by atoms with van der Waals surface area (Å²) in [5.41, 5.74) is 2.46. The first kappa shape index (κ1) is 22.7. The SMILES string of the molecule is O=C(N[C@H]1CCC[C@@H](n2c(-c3ccccc3F)nc3cnc(-c4nc[nH]n4)cc32)C1)c1ncc(Cl)s1. The molecule has 9 nitrogen and oxygen atoms in total. The molecule has 1 amide bonds. The lowest BCUT2D eigenvalue weighted by Gasteiger charge is -2.32. The number of fused-ring (bicyclic) bond motifs is 1. The van der Waals surface area contributed by atoms with Crippen molar-refractivity contribution in [2.24, 2.45) is 0 Å². The van der Waals surface area contributed by atoms with E-state index in [0.717, 1.165) is 36.1 Å². The van der Waals surface area contributed by atoms with Gasteiger partial charge in [0.25, 0.3) is 5.91 Å². The fourth-order valence-corrected chi connectivity index (χ4v) is 5.61. The summed E-state index contributed by atoms with van der Waals surface area (Å²) < 4.78 is 17.5. The molecule has 0 radical (unpaired) electrons. The van der Waals surface area contributed by atoms with E-state index in [1.807, 2.05) is 6.07 Å². The largest absolute Gasteiger partial charge is 0.347 e. The highest BCUT2D eigenvalue weighted by Crippen LogP contribution is 2.37. The molecule has 0 aliphatic heterocycles. The molecular weight excluding hydrogens is 503 g/mol. The zero-order chi connectivity index (χ0) is 24.6. The predicted octanol–water partition coefficient (Wildman–Crippen LogP) is 5.05. The van der Waals surface area contributed by atoms with Gasteiger partial charge in [0.05, 0.1) is 23.5 Å². The van der Waals surface area contributed by atoms with Crippen molar-refractivity contribution >= 4 is 39.9 Å². The third-order valence-corrected chi connectivity index (χ3v) is 7.47. The van der Waals surface area contributed by atoms with Crippen molar-refractivity contribution in [3.05, 3.63) is 64.2 Å². The number of benzene rings is 1. The average molecular weight is 523 g/mol. The van der Waals surface area contributed by atoms with Crippen LogP contribution in [0.1, 0.15) is 41.5 Å². The fourth-order valence-electron chi connectivity index (χ4n) is 4.79. The first-order valence-corrected chi connectivity index (χ1v) is 12.7. The topological polar surface area (TPSA) is 114 Å². The van der Waals surface area contributed by atoms with Crippen LogP contribution in [0.3, 0.4) is 0 Å². The van der Waals surface area contributed by atoms with E-state index in [1.54, 1.807) is 24.4 Å². The van der Waals surface area contributed by atoms with E-state index in [1.165, 1.54) is 18.6 Å². The Labute approximate surface area is 213 Å². The third kappa shape index (κ3) is 4.24. The zero-order valence-electron chi connectivity index (χ0n) is 18.9. The van der Waals surface area contributed by atoms with E-state index < -0.39 is 0 Å². The highest BCUT2D eigenvalue weighted by Gasteiger charge is 2.29. The smallest absolute Gasteiger partial charge is 0.280 e. The Morgan fingerprint density at radius 2 is 2.08 bits per heavy atom. The second kappa shape index (κ2) is 9.40. The number of pyridine rings is 1. The maximum atomic E-state index is 14.9. The molecule has 0 unspecified atom stereocenters. The van der Waals surface area contributed by atoms with E-state index in [9.17, 15) is 9.18 Å². The molecule has 5 aromatic rings. The molecular formula is C24H20ClFN8OS. The number of aromatic amines is 1. The van der Waals surface area contributed by atoms with Crippen molar-refractivity contribution in [3.8, 4) is 22.9 Å². The molecule has 36 heavy (non-hydrogen) atoms. The van der Waals surface area contributed by atoms with Crippen LogP contribution in [0.4, 0.5) is 4.39 Å². The molecule has 182 valence electrons. The van der Waals surface area contributed by atoms with Gasteiger partial charge in [-0.3, -0.25) is 14.9 Å². The minimum atomic E-state index is -0.350. The van der Waals surface area contributed by atoms with Gasteiger partial charge in [0, 0.05) is 12.1 Å². The average Bonchev–Trinajstić information content (AvgIpc) is 3.64. The van der Waals surface area contributed by atoms with E-state index in [4.69, 9.17) is 16.6 Å². The maximum absolute atomic E-state index is 14.9. The summed E-state index contributed by atoms with van der Waals surface area (Å²) in [5, 5.41) is 10.3. The molecule has 12 heteroatoms. The van der Waals surface area contributed by atoms with Gasteiger partial charge in [0.2, 0.25) is 0 Å². The van der Waals surface area contributed by atoms with Crippen LogP contribution in [-0.2, 0) is 0 Å². The number of aromatic nitrogens is 7. The number of carbonyl (C=O) groups excluding carboxylic acids is 1. The van der Waals surface area contributed by atoms with Gasteiger partial charge in [0.15, 0.2) is 10.8 Å². The number of nitrogens with one attached hydrogen (secondary N) is 2. The lowest BCUT2D eigenvalue weighted by molar-refractivity contribution is 0.0920. The van der Waals surface area contributed by atoms with Gasteiger partial charge >= 0.3 is 0 Å². The number of thiazole rings is 1. The van der Waals surface area contributed by atoms with Gasteiger partial charge in [-0.1, -0.05) is 35.1 Å². The van der Waals surface area contributed by atoms with Crippen molar-refractivity contribution in [1.82, 2.24) is 40.0 Å². The lowest BCUT2D eigenvalue weighted by Crippen LogP contribution is -2.39. The number of carbonyl (C=O) groups is 1. The highest BCUT2D eigenvalue weighted by molar-refractivity contribution is 7.17. The normalized spacial score (nSPS) is 17.9. The van der Waals surface area contributed by atoms with Crippen LogP contribution in [0.5, 0.6) is 0 Å². The molecule has 2 atom stereocenters. The summed E-state index contributed by atoms with van der Waals surface area (Å²) in [5.74, 6) is 0.407. The Kier molecular flexibility index (Phi) is 5.94. The molecule has 1 aliphatic rings. The van der Waals surface area contributed by atoms with Gasteiger partial charge < -0.3 is 9.88 Å². The minimum absolute atomic E-state index is 0.0223. The number of halogens is 2. The summed E-state index contributed by atoms with van der Waals surface area (Å²) in [6, 6.07) is 8.40. The second-order valence-electron chi connectivity index (χ2n) is 8.63. The van der Waals surface area contributed by atoms with E-state index in [-0.39, 0.29) is 23.8 Å². The number of amides is 1. The fraction of sp³-hybridized carbons (Fsp3) is 0.250. The summed E-state index contributed by atoms with van der Waals surface area (Å²) in [6.45, 7) is 0. The summed E-state index contributed by atoms with van der Waals surface area (Å²) in [6.07, 6.45) is 7.89. The van der Waals surface area contributed by atoms with Gasteiger partial charge in [-0.25, -0.2) is 19.3 Å². The second-order valence-corrected chi connectivity index (χ2v) is 10.3. The van der Waals surface area contributed by atoms with Crippen LogP contribution in [0.15, 0.2) is 49.1 Å². The number of hydrogen-bond acceptors (Lipinski definition) is 7. The number of H-pyrrole nitrogens is 1. The van der Waals surface area contributed by atoms with Crippen molar-refractivity contribution in [2.45, 2.75) is 37.8 Å². The molecule has 6 rings (SSSR count). The standard InChI is InChI=1S/C24H20ClFN8OS/c25-20-11-28-24(36-20)23(35)31-13-4-3-5-14(8-13)34-19-9-17(21-29-12-30-33-21)27-10-18(19)32-22(34)15-6-1-2-7-16(15)26/h1-2,6-7,9-14H,3-5,8H2,(H,31,35)(H,29,30,33)/t13-,14+/m0/s1. The molecule has 4 heterocycles. The molecule has 1 aromatic carbocycles. The Balaban J connectivity index is 1.40. The molecule has 0 saturated heterocycles. The van der Waals surface area contributed by atoms with Crippen molar-refractivity contribution < 1.29 is 9.18 Å². The molecule has 1 fully saturated rings. The monoisotopic (exact) mass is 522 g/mol. The quantitative estimate of drug-likeness (QED) is 0.334. The first-order valence-electron chi connectivity index (χ1n) is 11.5. The van der Waals surface area contributed by atoms with E-state index in [0.29, 0.717) is 44.2 Å². The molecule has 1 saturated carbocycles. The number of nitrogens with zero attached hydrogens (tertiary/aromatic N) is 6. The Hall–Kier alpha value is -3.70. The Bertz CT molecular complexity index is 1550. The highest BCUT2D eigenvalue weighted by atomic mass is 35.5. The minimum Gasteiger partial charge on any atom is -0.347 e. The molecule has 1 aliphatic carbocycles. The number of imidazole rings is 1. The van der Waals surface area contributed by atoms with Gasteiger partial charge in [-0.2, -0.15) is 5.10 Å². The van der Waals surface area contributed by atoms with Gasteiger partial charge in [0.1, 0.15) is 33.5 Å². The van der Waals surface area contributed by atoms with E-state index in [2.05, 4.69) is 35.0 Å². The van der Waals surface area contributed by atoms with Crippen LogP contribution in [0, 0.1) is 5.82 Å². The van der Waals surface area contributed by atoms with Crippen molar-refractivity contribution in [1.29, 1.82) is 0 Å². The zero-order valence-corrected chi connectivity index (χ0v) is 20.4. The summed E-state index contributed by atoms with van der Waals surface area (Å²) >= 11 is 7.10. The van der Waals surface area contributed by atoms with Crippen LogP contribution in [0.2, 0.25) is 4.34 Å². The van der Waals surface area contributed by atoms with Crippen molar-refractivity contribution in [2.75, 3.05) is 0 Å². The van der Waals surface area contributed by atoms with Crippen LogP contribution >= 0.6 is 22.9 Å². The molecule has 2 N–H and O–H groups in total. The number of rotatable bonds is 5. The van der Waals surface area contributed by atoms with Crippen molar-refractivity contribution in [3.63, 3.8) is 0 Å². The maximum Gasteiger partial charge on any atom is 0.280 e. The third-order valence-electron chi connectivity index (χ3n) is 6.35. The van der Waals surface area contributed by atoms with E-state index >= 15 is 0 Å². The molecule has 0 spiro atoms. The summed E-state index contributed by atoms with van der Waals surface area (Å²) in [7, 11) is 0. The predicted molar refractivity (Wildman–Crippen MR) is 134 cm³/mol. The van der Waals surface area contributed by atoms with Crippen LogP contribution in [-0.4, -0.2) is 46.6 Å². The van der Waals surface area contributed by atoms with Gasteiger partial charge in [-0.15, -0.1) is 0 Å².